The first kappa shape index (κ1) is 29.2. The number of hydrogen-bond donors (Lipinski definition) is 0. The van der Waals surface area contributed by atoms with Crippen LogP contribution in [-0.2, 0) is 25.5 Å². The lowest BCUT2D eigenvalue weighted by Crippen LogP contribution is -2.11. The Hall–Kier alpha value is -5.38. The molecule has 0 bridgehead atoms. The van der Waals surface area contributed by atoms with E-state index in [-0.39, 0.29) is 47.0 Å². The van der Waals surface area contributed by atoms with Crippen molar-refractivity contribution in [1.29, 1.82) is 0 Å². The lowest BCUT2D eigenvalue weighted by Gasteiger charge is -2.11. The number of ether oxygens (including phenoxy) is 4. The van der Waals surface area contributed by atoms with Crippen molar-refractivity contribution < 1.29 is 46.9 Å². The van der Waals surface area contributed by atoms with Gasteiger partial charge in [0.1, 0.15) is 5.82 Å². The van der Waals surface area contributed by atoms with Crippen LogP contribution in [0.3, 0.4) is 0 Å². The second-order valence-electron chi connectivity index (χ2n) is 7.88. The Morgan fingerprint density at radius 2 is 1.18 bits per heavy atom. The molecule has 0 aliphatic rings. The first-order valence-electron chi connectivity index (χ1n) is 11.6. The van der Waals surface area contributed by atoms with E-state index in [1.807, 2.05) is 0 Å². The molecule has 3 rings (SSSR count). The minimum absolute atomic E-state index is 0.0321. The van der Waals surface area contributed by atoms with Gasteiger partial charge in [0.15, 0.2) is 23.1 Å². The van der Waals surface area contributed by atoms with Gasteiger partial charge >= 0.3 is 23.9 Å². The molecule has 3 aromatic rings. The van der Waals surface area contributed by atoms with Crippen LogP contribution >= 0.6 is 0 Å². The number of carbonyl (C=O) groups excluding carboxylic acids is 4. The van der Waals surface area contributed by atoms with Gasteiger partial charge < -0.3 is 18.9 Å². The summed E-state index contributed by atoms with van der Waals surface area (Å²) < 4.78 is 49.1. The average Bonchev–Trinajstić information content (AvgIpc) is 2.94. The van der Waals surface area contributed by atoms with Crippen LogP contribution in [-0.4, -0.2) is 30.5 Å². The monoisotopic (exact) mass is 548 g/mol. The fraction of sp³-hybridized carbons (Fsp3) is 0.0667. The molecule has 40 heavy (non-hydrogen) atoms. The van der Waals surface area contributed by atoms with E-state index in [0.29, 0.717) is 5.56 Å². The minimum atomic E-state index is -0.934. The van der Waals surface area contributed by atoms with Crippen molar-refractivity contribution in [2.45, 2.75) is 6.42 Å². The number of esters is 4. The van der Waals surface area contributed by atoms with Crippen LogP contribution in [0.4, 0.5) is 8.78 Å². The summed E-state index contributed by atoms with van der Waals surface area (Å²) in [6.45, 7) is 9.69. The summed E-state index contributed by atoms with van der Waals surface area (Å²) in [6, 6.07) is 11.7. The van der Waals surface area contributed by atoms with Gasteiger partial charge in [-0.05, 0) is 53.1 Å². The fourth-order valence-corrected chi connectivity index (χ4v) is 3.28. The number of hydrogen-bond acceptors (Lipinski definition) is 8. The van der Waals surface area contributed by atoms with E-state index in [2.05, 4.69) is 19.7 Å². The van der Waals surface area contributed by atoms with E-state index in [1.165, 1.54) is 36.4 Å². The van der Waals surface area contributed by atoms with E-state index in [1.54, 1.807) is 6.07 Å². The summed E-state index contributed by atoms with van der Waals surface area (Å²) in [5, 5.41) is 0. The number of rotatable bonds is 11. The van der Waals surface area contributed by atoms with Gasteiger partial charge in [-0.15, -0.1) is 0 Å². The largest absolute Gasteiger partial charge is 0.462 e. The van der Waals surface area contributed by atoms with E-state index < -0.39 is 35.5 Å². The Morgan fingerprint density at radius 1 is 0.650 bits per heavy atom. The van der Waals surface area contributed by atoms with Crippen molar-refractivity contribution >= 4 is 23.9 Å². The van der Waals surface area contributed by atoms with Gasteiger partial charge in [0.2, 0.25) is 0 Å². The van der Waals surface area contributed by atoms with Crippen LogP contribution in [0, 0.1) is 11.6 Å². The van der Waals surface area contributed by atoms with Crippen LogP contribution < -0.4 is 14.2 Å². The van der Waals surface area contributed by atoms with Gasteiger partial charge in [-0.1, -0.05) is 37.9 Å². The van der Waals surface area contributed by atoms with Crippen LogP contribution in [0.1, 0.15) is 15.9 Å². The van der Waals surface area contributed by atoms with E-state index in [9.17, 15) is 28.0 Å². The third kappa shape index (κ3) is 7.57. The highest BCUT2D eigenvalue weighted by atomic mass is 19.1. The zero-order valence-corrected chi connectivity index (χ0v) is 21.0. The van der Waals surface area contributed by atoms with Crippen molar-refractivity contribution in [3.63, 3.8) is 0 Å². The summed E-state index contributed by atoms with van der Waals surface area (Å²) in [5.41, 5.74) is 0.768. The van der Waals surface area contributed by atoms with E-state index >= 15 is 0 Å². The Balaban J connectivity index is 1.67. The molecule has 3 aromatic carbocycles. The maximum atomic E-state index is 14.7. The van der Waals surface area contributed by atoms with Crippen LogP contribution in [0.25, 0.3) is 11.1 Å². The second kappa shape index (κ2) is 13.4. The van der Waals surface area contributed by atoms with Crippen molar-refractivity contribution in [3.8, 4) is 28.4 Å². The molecule has 10 heteroatoms. The van der Waals surface area contributed by atoms with Crippen molar-refractivity contribution in [1.82, 2.24) is 0 Å². The predicted octanol–water partition coefficient (Wildman–Crippen LogP) is 5.31. The quantitative estimate of drug-likeness (QED) is 0.181. The Morgan fingerprint density at radius 3 is 1.75 bits per heavy atom. The topological polar surface area (TPSA) is 105 Å². The zero-order valence-electron chi connectivity index (χ0n) is 21.0. The van der Waals surface area contributed by atoms with Gasteiger partial charge in [0, 0.05) is 24.6 Å². The molecule has 0 amide bonds. The summed E-state index contributed by atoms with van der Waals surface area (Å²) in [7, 11) is 0. The highest BCUT2D eigenvalue weighted by Gasteiger charge is 2.17. The maximum absolute atomic E-state index is 14.7. The lowest BCUT2D eigenvalue weighted by atomic mass is 10.0. The highest BCUT2D eigenvalue weighted by molar-refractivity contribution is 5.90. The molecule has 0 aromatic heterocycles. The Kier molecular flexibility index (Phi) is 9.79. The normalized spacial score (nSPS) is 10.2. The molecule has 0 aliphatic heterocycles. The molecular weight excluding hydrogens is 526 g/mol. The molecule has 0 unspecified atom stereocenters. The number of halogens is 2. The fourth-order valence-electron chi connectivity index (χ4n) is 3.28. The first-order valence-corrected chi connectivity index (χ1v) is 11.6. The van der Waals surface area contributed by atoms with Crippen molar-refractivity contribution in [2.75, 3.05) is 6.61 Å². The lowest BCUT2D eigenvalue weighted by molar-refractivity contribution is -0.131. The number of carbonyl (C=O) groups is 4. The standard InChI is InChI=1S/C30H22F2O8/c1-4-27(33)38-24-12-9-20(17-23(24)32)19-8-10-21(22(31)16-19)30(36)37-14-13-18-7-11-25(39-28(34)5-2)26(15-18)40-29(35)6-3/h4-12,15-17H,1-3,13-14H2. The van der Waals surface area contributed by atoms with Crippen molar-refractivity contribution in [3.05, 3.63) is 115 Å². The molecule has 0 spiro atoms. The smallest absolute Gasteiger partial charge is 0.341 e. The van der Waals surface area contributed by atoms with Gasteiger partial charge in [-0.25, -0.2) is 28.0 Å². The zero-order chi connectivity index (χ0) is 29.2. The van der Waals surface area contributed by atoms with Crippen LogP contribution in [0.15, 0.2) is 92.6 Å². The molecule has 8 nitrogen and oxygen atoms in total. The molecule has 0 N–H and O–H groups in total. The van der Waals surface area contributed by atoms with Crippen LogP contribution in [0.5, 0.6) is 17.2 Å². The summed E-state index contributed by atoms with van der Waals surface area (Å²) in [5.74, 6) is -5.45. The molecule has 0 atom stereocenters. The molecular formula is C30H22F2O8. The molecule has 204 valence electrons. The molecule has 0 fully saturated rings. The summed E-state index contributed by atoms with van der Waals surface area (Å²) >= 11 is 0. The summed E-state index contributed by atoms with van der Waals surface area (Å²) in [4.78, 5) is 46.9. The predicted molar refractivity (Wildman–Crippen MR) is 140 cm³/mol. The highest BCUT2D eigenvalue weighted by Crippen LogP contribution is 2.30. The first-order chi connectivity index (χ1) is 19.1. The molecule has 0 saturated carbocycles. The Labute approximate surface area is 227 Å². The van der Waals surface area contributed by atoms with E-state index in [0.717, 1.165) is 30.4 Å². The second-order valence-corrected chi connectivity index (χ2v) is 7.88. The number of benzene rings is 3. The average molecular weight is 548 g/mol. The molecule has 0 saturated heterocycles. The summed E-state index contributed by atoms with van der Waals surface area (Å²) in [6.07, 6.45) is 2.91. The Bertz CT molecular complexity index is 1510. The minimum Gasteiger partial charge on any atom is -0.462 e. The molecule has 0 aliphatic carbocycles. The maximum Gasteiger partial charge on any atom is 0.341 e. The van der Waals surface area contributed by atoms with Crippen molar-refractivity contribution in [2.24, 2.45) is 0 Å². The van der Waals surface area contributed by atoms with Crippen LogP contribution in [0.2, 0.25) is 0 Å². The molecule has 0 radical (unpaired) electrons. The molecule has 0 heterocycles. The van der Waals surface area contributed by atoms with Gasteiger partial charge in [-0.2, -0.15) is 0 Å². The third-order valence-electron chi connectivity index (χ3n) is 5.22. The van der Waals surface area contributed by atoms with E-state index in [4.69, 9.17) is 18.9 Å². The van der Waals surface area contributed by atoms with Gasteiger partial charge in [-0.3, -0.25) is 0 Å². The SMILES string of the molecule is C=CC(=O)Oc1ccc(-c2ccc(C(=O)OCCc3ccc(OC(=O)C=C)c(OC(=O)C=C)c3)c(F)c2)cc1F. The third-order valence-corrected chi connectivity index (χ3v) is 5.22. The van der Waals surface area contributed by atoms with Gasteiger partial charge in [0.05, 0.1) is 12.2 Å². The van der Waals surface area contributed by atoms with Gasteiger partial charge in [0.25, 0.3) is 0 Å².